The van der Waals surface area contributed by atoms with E-state index >= 15 is 0 Å². The van der Waals surface area contributed by atoms with Crippen LogP contribution in [0.3, 0.4) is 0 Å². The topological polar surface area (TPSA) is 50.2 Å². The number of rotatable bonds is 2. The third kappa shape index (κ3) is 2.47. The Kier molecular flexibility index (Phi) is 3.55. The molecule has 18 heavy (non-hydrogen) atoms. The molecule has 0 aliphatic rings. The highest BCUT2D eigenvalue weighted by Crippen LogP contribution is 2.28. The molecule has 0 radical (unpaired) electrons. The number of aryl methyl sites for hydroxylation is 1. The van der Waals surface area contributed by atoms with E-state index in [0.717, 1.165) is 5.56 Å². The summed E-state index contributed by atoms with van der Waals surface area (Å²) in [7, 11) is 0. The molecule has 0 aliphatic heterocycles. The van der Waals surface area contributed by atoms with Crippen molar-refractivity contribution in [1.29, 1.82) is 0 Å². The summed E-state index contributed by atoms with van der Waals surface area (Å²) in [5.74, 6) is -1.05. The van der Waals surface area contributed by atoms with Crippen LogP contribution in [0.15, 0.2) is 30.5 Å². The summed E-state index contributed by atoms with van der Waals surface area (Å²) in [5, 5.41) is 9.89. The quantitative estimate of drug-likeness (QED) is 0.845. The van der Waals surface area contributed by atoms with E-state index in [-0.39, 0.29) is 10.7 Å². The van der Waals surface area contributed by atoms with Gasteiger partial charge in [0.05, 0.1) is 5.56 Å². The Morgan fingerprint density at radius 2 is 2.00 bits per heavy atom. The molecule has 0 bridgehead atoms. The van der Waals surface area contributed by atoms with Crippen LogP contribution < -0.4 is 0 Å². The number of hydrogen-bond acceptors (Lipinski definition) is 2. The van der Waals surface area contributed by atoms with Gasteiger partial charge >= 0.3 is 5.97 Å². The number of hydrogen-bond donors (Lipinski definition) is 1. The van der Waals surface area contributed by atoms with Crippen LogP contribution >= 0.6 is 23.2 Å². The molecule has 0 saturated heterocycles. The number of halogens is 2. The zero-order valence-electron chi connectivity index (χ0n) is 9.45. The molecule has 0 fully saturated rings. The second kappa shape index (κ2) is 4.96. The lowest BCUT2D eigenvalue weighted by molar-refractivity contribution is 0.0697. The van der Waals surface area contributed by atoms with E-state index in [4.69, 9.17) is 28.3 Å². The highest BCUT2D eigenvalue weighted by Gasteiger charge is 2.13. The summed E-state index contributed by atoms with van der Waals surface area (Å²) < 4.78 is 0. The van der Waals surface area contributed by atoms with E-state index in [1.165, 1.54) is 12.3 Å². The molecule has 1 N–H and O–H groups in total. The largest absolute Gasteiger partial charge is 0.478 e. The van der Waals surface area contributed by atoms with Crippen molar-refractivity contribution in [2.45, 2.75) is 6.92 Å². The highest BCUT2D eigenvalue weighted by molar-refractivity contribution is 6.31. The molecular formula is C13H9Cl2NO2. The van der Waals surface area contributed by atoms with Gasteiger partial charge in [0.2, 0.25) is 0 Å². The van der Waals surface area contributed by atoms with Gasteiger partial charge in [-0.2, -0.15) is 0 Å². The maximum atomic E-state index is 11.2. The third-order valence-corrected chi connectivity index (χ3v) is 3.20. The van der Waals surface area contributed by atoms with Gasteiger partial charge in [-0.05, 0) is 30.2 Å². The van der Waals surface area contributed by atoms with Crippen molar-refractivity contribution < 1.29 is 9.90 Å². The summed E-state index contributed by atoms with van der Waals surface area (Å²) in [6, 6.07) is 6.68. The van der Waals surface area contributed by atoms with Gasteiger partial charge in [0.25, 0.3) is 0 Å². The minimum atomic E-state index is -1.05. The van der Waals surface area contributed by atoms with Gasteiger partial charge in [-0.1, -0.05) is 35.3 Å². The van der Waals surface area contributed by atoms with Gasteiger partial charge in [-0.3, -0.25) is 0 Å². The van der Waals surface area contributed by atoms with Crippen LogP contribution in [0.2, 0.25) is 10.2 Å². The zero-order valence-corrected chi connectivity index (χ0v) is 11.0. The van der Waals surface area contributed by atoms with Crippen LogP contribution in [0.5, 0.6) is 0 Å². The van der Waals surface area contributed by atoms with Crippen molar-refractivity contribution in [3.63, 3.8) is 0 Å². The minimum Gasteiger partial charge on any atom is -0.478 e. The Balaban J connectivity index is 2.63. The first-order chi connectivity index (χ1) is 8.49. The Morgan fingerprint density at radius 3 is 2.61 bits per heavy atom. The fourth-order valence-corrected chi connectivity index (χ4v) is 1.94. The first-order valence-electron chi connectivity index (χ1n) is 5.14. The number of carboxylic acids is 1. The fourth-order valence-electron chi connectivity index (χ4n) is 1.60. The molecule has 3 nitrogen and oxygen atoms in total. The maximum absolute atomic E-state index is 11.2. The van der Waals surface area contributed by atoms with Crippen LogP contribution in [0.4, 0.5) is 0 Å². The molecule has 92 valence electrons. The molecule has 1 aromatic carbocycles. The Bertz CT molecular complexity index is 626. The average Bonchev–Trinajstić information content (AvgIpc) is 2.32. The Hall–Kier alpha value is -1.58. The zero-order chi connectivity index (χ0) is 13.3. The smallest absolute Gasteiger partial charge is 0.336 e. The number of benzene rings is 1. The summed E-state index contributed by atoms with van der Waals surface area (Å²) >= 11 is 11.7. The van der Waals surface area contributed by atoms with E-state index < -0.39 is 5.97 Å². The van der Waals surface area contributed by atoms with Crippen molar-refractivity contribution in [3.05, 3.63) is 51.8 Å². The first kappa shape index (κ1) is 12.9. The molecule has 0 spiro atoms. The monoisotopic (exact) mass is 281 g/mol. The lowest BCUT2D eigenvalue weighted by Crippen LogP contribution is -2.00. The fraction of sp³-hybridized carbons (Fsp3) is 0.0769. The summed E-state index contributed by atoms with van der Waals surface area (Å²) in [4.78, 5) is 15.1. The van der Waals surface area contributed by atoms with Crippen molar-refractivity contribution in [1.82, 2.24) is 4.98 Å². The molecular weight excluding hydrogens is 273 g/mol. The average molecular weight is 282 g/mol. The molecule has 0 unspecified atom stereocenters. The lowest BCUT2D eigenvalue weighted by Gasteiger charge is -2.07. The molecule has 0 aliphatic carbocycles. The van der Waals surface area contributed by atoms with Gasteiger partial charge in [-0.15, -0.1) is 0 Å². The van der Waals surface area contributed by atoms with Crippen LogP contribution in [-0.4, -0.2) is 16.1 Å². The van der Waals surface area contributed by atoms with Gasteiger partial charge in [-0.25, -0.2) is 9.78 Å². The Labute approximate surface area is 114 Å². The number of pyridine rings is 1. The number of carboxylic acid groups (broad SMARTS) is 1. The van der Waals surface area contributed by atoms with E-state index in [1.807, 2.05) is 13.0 Å². The van der Waals surface area contributed by atoms with Crippen LogP contribution in [0.25, 0.3) is 11.1 Å². The molecule has 0 atom stereocenters. The predicted octanol–water partition coefficient (Wildman–Crippen LogP) is 4.06. The molecule has 2 rings (SSSR count). The molecule has 1 heterocycles. The summed E-state index contributed by atoms with van der Waals surface area (Å²) in [6.07, 6.45) is 1.44. The predicted molar refractivity (Wildman–Crippen MR) is 71.4 cm³/mol. The maximum Gasteiger partial charge on any atom is 0.336 e. The van der Waals surface area contributed by atoms with E-state index in [2.05, 4.69) is 4.98 Å². The SMILES string of the molecule is Cc1ccc(-c2cnc(Cl)cc2C(=O)O)cc1Cl. The number of carbonyl (C=O) groups is 1. The van der Waals surface area contributed by atoms with E-state index in [1.54, 1.807) is 12.1 Å². The minimum absolute atomic E-state index is 0.106. The molecule has 0 saturated carbocycles. The van der Waals surface area contributed by atoms with Gasteiger partial charge in [0.1, 0.15) is 5.15 Å². The molecule has 1 aromatic heterocycles. The van der Waals surface area contributed by atoms with Crippen molar-refractivity contribution in [3.8, 4) is 11.1 Å². The number of nitrogens with zero attached hydrogens (tertiary/aromatic N) is 1. The third-order valence-electron chi connectivity index (χ3n) is 2.58. The van der Waals surface area contributed by atoms with Crippen molar-refractivity contribution in [2.75, 3.05) is 0 Å². The highest BCUT2D eigenvalue weighted by atomic mass is 35.5. The molecule has 0 amide bonds. The van der Waals surface area contributed by atoms with Crippen LogP contribution in [0.1, 0.15) is 15.9 Å². The van der Waals surface area contributed by atoms with E-state index in [9.17, 15) is 4.79 Å². The van der Waals surface area contributed by atoms with Crippen molar-refractivity contribution in [2.24, 2.45) is 0 Å². The van der Waals surface area contributed by atoms with Gasteiger partial charge < -0.3 is 5.11 Å². The first-order valence-corrected chi connectivity index (χ1v) is 5.90. The summed E-state index contributed by atoms with van der Waals surface area (Å²) in [6.45, 7) is 1.88. The number of aromatic nitrogens is 1. The normalized spacial score (nSPS) is 10.4. The lowest BCUT2D eigenvalue weighted by atomic mass is 10.0. The van der Waals surface area contributed by atoms with Gasteiger partial charge in [0, 0.05) is 16.8 Å². The molecule has 5 heteroatoms. The number of aromatic carboxylic acids is 1. The Morgan fingerprint density at radius 1 is 1.28 bits per heavy atom. The standard InChI is InChI=1S/C13H9Cl2NO2/c1-7-2-3-8(4-11(7)14)10-6-16-12(15)5-9(10)13(17)18/h2-6H,1H3,(H,17,18). The van der Waals surface area contributed by atoms with Crippen molar-refractivity contribution >= 4 is 29.2 Å². The van der Waals surface area contributed by atoms with Crippen LogP contribution in [-0.2, 0) is 0 Å². The van der Waals surface area contributed by atoms with Crippen LogP contribution in [0, 0.1) is 6.92 Å². The second-order valence-electron chi connectivity index (χ2n) is 3.82. The van der Waals surface area contributed by atoms with E-state index in [0.29, 0.717) is 16.1 Å². The van der Waals surface area contributed by atoms with Gasteiger partial charge in [0.15, 0.2) is 0 Å². The summed E-state index contributed by atoms with van der Waals surface area (Å²) in [5.41, 5.74) is 2.23. The molecule has 2 aromatic rings. The second-order valence-corrected chi connectivity index (χ2v) is 4.62.